The van der Waals surface area contributed by atoms with E-state index in [4.69, 9.17) is 0 Å². The van der Waals surface area contributed by atoms with E-state index >= 15 is 0 Å². The molecule has 1 unspecified atom stereocenters. The highest BCUT2D eigenvalue weighted by Crippen LogP contribution is 2.32. The van der Waals surface area contributed by atoms with Gasteiger partial charge in [0.1, 0.15) is 5.82 Å². The molecular formula is C17H22F4IN5. The van der Waals surface area contributed by atoms with Crippen molar-refractivity contribution in [1.29, 1.82) is 0 Å². The molecule has 150 valence electrons. The Labute approximate surface area is 172 Å². The Morgan fingerprint density at radius 2 is 2.04 bits per heavy atom. The van der Waals surface area contributed by atoms with Crippen LogP contribution >= 0.6 is 24.0 Å². The molecule has 0 bridgehead atoms. The van der Waals surface area contributed by atoms with Crippen LogP contribution in [0.1, 0.15) is 18.1 Å². The number of rotatable bonds is 6. The minimum Gasteiger partial charge on any atom is -0.356 e. The van der Waals surface area contributed by atoms with Gasteiger partial charge < -0.3 is 10.6 Å². The maximum Gasteiger partial charge on any atom is 0.416 e. The zero-order valence-electron chi connectivity index (χ0n) is 14.9. The molecule has 1 heterocycles. The average Bonchev–Trinajstić information content (AvgIpc) is 3.08. The van der Waals surface area contributed by atoms with Crippen LogP contribution in [0.2, 0.25) is 0 Å². The Kier molecular flexibility index (Phi) is 9.00. The minimum absolute atomic E-state index is 0. The molecule has 0 amide bonds. The Balaban J connectivity index is 0.00000364. The van der Waals surface area contributed by atoms with E-state index in [9.17, 15) is 17.6 Å². The number of halogens is 5. The third-order valence-electron chi connectivity index (χ3n) is 3.72. The molecule has 0 aliphatic heterocycles. The number of hydrogen-bond acceptors (Lipinski definition) is 2. The molecule has 0 spiro atoms. The summed E-state index contributed by atoms with van der Waals surface area (Å²) in [5, 5.41) is 10.0. The quantitative estimate of drug-likeness (QED) is 0.276. The zero-order chi connectivity index (χ0) is 19.2. The summed E-state index contributed by atoms with van der Waals surface area (Å²) >= 11 is 0. The standard InChI is InChI=1S/C17H21F4N5.HI/c1-12(11-26-7-3-6-25-26)9-23-16(22-2)24-10-13-4-5-14(18)8-15(13)17(19,20)21;/h3-8,12H,9-11H2,1-2H3,(H2,22,23,24);1H. The van der Waals surface area contributed by atoms with Crippen molar-refractivity contribution in [2.75, 3.05) is 13.6 Å². The molecule has 0 aliphatic carbocycles. The van der Waals surface area contributed by atoms with E-state index in [0.29, 0.717) is 25.1 Å². The maximum atomic E-state index is 13.1. The molecule has 1 aromatic carbocycles. The van der Waals surface area contributed by atoms with Gasteiger partial charge in [0.25, 0.3) is 0 Å². The van der Waals surface area contributed by atoms with Gasteiger partial charge in [-0.2, -0.15) is 18.3 Å². The summed E-state index contributed by atoms with van der Waals surface area (Å²) in [5.74, 6) is -0.323. The number of nitrogens with zero attached hydrogens (tertiary/aromatic N) is 3. The predicted molar refractivity (Wildman–Crippen MR) is 106 cm³/mol. The van der Waals surface area contributed by atoms with Gasteiger partial charge in [-0.1, -0.05) is 13.0 Å². The number of guanidine groups is 1. The molecular weight excluding hydrogens is 477 g/mol. The van der Waals surface area contributed by atoms with Crippen LogP contribution in [0.5, 0.6) is 0 Å². The number of aromatic nitrogens is 2. The SMILES string of the molecule is CN=C(NCc1ccc(F)cc1C(F)(F)F)NCC(C)Cn1cccn1.I. The Hall–Kier alpha value is -1.85. The smallest absolute Gasteiger partial charge is 0.356 e. The van der Waals surface area contributed by atoms with Crippen LogP contribution in [-0.4, -0.2) is 29.3 Å². The van der Waals surface area contributed by atoms with Gasteiger partial charge in [0.15, 0.2) is 5.96 Å². The van der Waals surface area contributed by atoms with E-state index < -0.39 is 17.6 Å². The molecule has 10 heteroatoms. The number of hydrogen-bond donors (Lipinski definition) is 2. The topological polar surface area (TPSA) is 54.2 Å². The number of alkyl halides is 3. The molecule has 0 saturated carbocycles. The van der Waals surface area contributed by atoms with E-state index in [1.54, 1.807) is 10.9 Å². The van der Waals surface area contributed by atoms with Gasteiger partial charge >= 0.3 is 6.18 Å². The monoisotopic (exact) mass is 499 g/mol. The normalized spacial score (nSPS) is 13.0. The van der Waals surface area contributed by atoms with Crippen molar-refractivity contribution in [1.82, 2.24) is 20.4 Å². The van der Waals surface area contributed by atoms with Gasteiger partial charge in [-0.25, -0.2) is 4.39 Å². The summed E-state index contributed by atoms with van der Waals surface area (Å²) in [6.45, 7) is 3.16. The molecule has 2 aromatic rings. The Morgan fingerprint density at radius 3 is 2.63 bits per heavy atom. The van der Waals surface area contributed by atoms with Crippen LogP contribution in [0, 0.1) is 11.7 Å². The van der Waals surface area contributed by atoms with Crippen molar-refractivity contribution in [3.8, 4) is 0 Å². The van der Waals surface area contributed by atoms with Crippen molar-refractivity contribution in [2.24, 2.45) is 10.9 Å². The summed E-state index contributed by atoms with van der Waals surface area (Å²) in [6.07, 6.45) is -1.06. The number of nitrogens with one attached hydrogen (secondary N) is 2. The third-order valence-corrected chi connectivity index (χ3v) is 3.72. The third kappa shape index (κ3) is 7.35. The molecule has 5 nitrogen and oxygen atoms in total. The molecule has 2 rings (SSSR count). The Morgan fingerprint density at radius 1 is 1.30 bits per heavy atom. The van der Waals surface area contributed by atoms with Crippen LogP contribution in [0.3, 0.4) is 0 Å². The van der Waals surface area contributed by atoms with Gasteiger partial charge in [-0.3, -0.25) is 9.67 Å². The molecule has 0 fully saturated rings. The van der Waals surface area contributed by atoms with Crippen molar-refractivity contribution >= 4 is 29.9 Å². The molecule has 0 aliphatic rings. The average molecular weight is 499 g/mol. The number of aliphatic imine (C=N–C) groups is 1. The lowest BCUT2D eigenvalue weighted by Gasteiger charge is -2.18. The van der Waals surface area contributed by atoms with Crippen molar-refractivity contribution in [2.45, 2.75) is 26.2 Å². The first-order chi connectivity index (χ1) is 12.3. The van der Waals surface area contributed by atoms with E-state index in [1.807, 2.05) is 19.2 Å². The second kappa shape index (κ2) is 10.5. The molecule has 0 radical (unpaired) electrons. The fourth-order valence-corrected chi connectivity index (χ4v) is 2.43. The molecule has 1 aromatic heterocycles. The first kappa shape index (κ1) is 23.2. The minimum atomic E-state index is -4.62. The highest BCUT2D eigenvalue weighted by Gasteiger charge is 2.33. The highest BCUT2D eigenvalue weighted by molar-refractivity contribution is 14.0. The van der Waals surface area contributed by atoms with Crippen LogP contribution < -0.4 is 10.6 Å². The predicted octanol–water partition coefficient (Wildman–Crippen LogP) is 3.66. The van der Waals surface area contributed by atoms with Crippen molar-refractivity contribution in [3.05, 3.63) is 53.6 Å². The van der Waals surface area contributed by atoms with Gasteiger partial charge in [0.2, 0.25) is 0 Å². The van der Waals surface area contributed by atoms with Crippen LogP contribution in [0.15, 0.2) is 41.7 Å². The van der Waals surface area contributed by atoms with Gasteiger partial charge in [0, 0.05) is 39.1 Å². The maximum absolute atomic E-state index is 13.1. The van der Waals surface area contributed by atoms with Crippen LogP contribution in [0.25, 0.3) is 0 Å². The second-order valence-electron chi connectivity index (χ2n) is 5.94. The lowest BCUT2D eigenvalue weighted by Crippen LogP contribution is -2.40. The van der Waals surface area contributed by atoms with E-state index in [1.165, 1.54) is 7.05 Å². The molecule has 2 N–H and O–H groups in total. The summed E-state index contributed by atoms with van der Waals surface area (Å²) in [7, 11) is 1.53. The van der Waals surface area contributed by atoms with E-state index in [0.717, 1.165) is 12.1 Å². The zero-order valence-corrected chi connectivity index (χ0v) is 17.3. The molecule has 0 saturated heterocycles. The molecule has 27 heavy (non-hydrogen) atoms. The van der Waals surface area contributed by atoms with Crippen LogP contribution in [0.4, 0.5) is 17.6 Å². The first-order valence-electron chi connectivity index (χ1n) is 8.07. The number of benzene rings is 1. The fourth-order valence-electron chi connectivity index (χ4n) is 2.43. The summed E-state index contributed by atoms with van der Waals surface area (Å²) < 4.78 is 54.0. The summed E-state index contributed by atoms with van der Waals surface area (Å²) in [4.78, 5) is 4.00. The van der Waals surface area contributed by atoms with Gasteiger partial charge in [-0.05, 0) is 29.7 Å². The fraction of sp³-hybridized carbons (Fsp3) is 0.412. The second-order valence-corrected chi connectivity index (χ2v) is 5.94. The lowest BCUT2D eigenvalue weighted by molar-refractivity contribution is -0.138. The van der Waals surface area contributed by atoms with Crippen molar-refractivity contribution in [3.63, 3.8) is 0 Å². The van der Waals surface area contributed by atoms with E-state index in [2.05, 4.69) is 20.7 Å². The largest absolute Gasteiger partial charge is 0.416 e. The van der Waals surface area contributed by atoms with Crippen LogP contribution in [-0.2, 0) is 19.3 Å². The first-order valence-corrected chi connectivity index (χ1v) is 8.07. The van der Waals surface area contributed by atoms with Crippen molar-refractivity contribution < 1.29 is 17.6 Å². The summed E-state index contributed by atoms with van der Waals surface area (Å²) in [5.41, 5.74) is -1.04. The van der Waals surface area contributed by atoms with Gasteiger partial charge in [-0.15, -0.1) is 24.0 Å². The van der Waals surface area contributed by atoms with Gasteiger partial charge in [0.05, 0.1) is 5.56 Å². The Bertz CT molecular complexity index is 731. The lowest BCUT2D eigenvalue weighted by atomic mass is 10.1. The van der Waals surface area contributed by atoms with E-state index in [-0.39, 0.29) is 42.0 Å². The summed E-state index contributed by atoms with van der Waals surface area (Å²) in [6, 6.07) is 4.47. The molecule has 1 atom stereocenters. The highest BCUT2D eigenvalue weighted by atomic mass is 127.